The standard InChI is InChI=1S/C16H18F3N5O2S/c17-15(18)13-14(27-9-21-13)11(7-22-25)24-5-2-10(3-6-24)8-26-12-1-4-20-16(19)23-12/h1,4,9-11,15H,2-3,5-8H2. The highest BCUT2D eigenvalue weighted by molar-refractivity contribution is 7.09. The van der Waals surface area contributed by atoms with Crippen LogP contribution in [-0.2, 0) is 0 Å². The van der Waals surface area contributed by atoms with E-state index in [0.717, 1.165) is 24.2 Å². The molecular weight excluding hydrogens is 383 g/mol. The molecule has 1 aliphatic heterocycles. The molecule has 2 aromatic rings. The van der Waals surface area contributed by atoms with Crippen molar-refractivity contribution in [3.63, 3.8) is 0 Å². The molecular formula is C16H18F3N5O2S. The normalized spacial score (nSPS) is 17.2. The van der Waals surface area contributed by atoms with Crippen molar-refractivity contribution >= 4 is 11.3 Å². The largest absolute Gasteiger partial charge is 0.477 e. The number of nitroso groups, excluding NO2 is 1. The molecule has 1 saturated heterocycles. The third-order valence-electron chi connectivity index (χ3n) is 4.54. The Bertz CT molecular complexity index is 755. The summed E-state index contributed by atoms with van der Waals surface area (Å²) in [6, 6.07) is 0.997. The van der Waals surface area contributed by atoms with Crippen LogP contribution >= 0.6 is 11.3 Å². The molecule has 1 fully saturated rings. The molecule has 0 radical (unpaired) electrons. The third kappa shape index (κ3) is 4.98. The highest BCUT2D eigenvalue weighted by Crippen LogP contribution is 2.35. The molecule has 7 nitrogen and oxygen atoms in total. The molecule has 3 heterocycles. The van der Waals surface area contributed by atoms with Crippen molar-refractivity contribution in [3.8, 4) is 5.88 Å². The van der Waals surface area contributed by atoms with Gasteiger partial charge in [-0.05, 0) is 31.8 Å². The van der Waals surface area contributed by atoms with Crippen LogP contribution in [0.25, 0.3) is 0 Å². The van der Waals surface area contributed by atoms with E-state index in [0.29, 0.717) is 24.6 Å². The predicted molar refractivity (Wildman–Crippen MR) is 92.3 cm³/mol. The van der Waals surface area contributed by atoms with Gasteiger partial charge in [-0.2, -0.15) is 14.3 Å². The number of alkyl halides is 2. The fourth-order valence-corrected chi connectivity index (χ4v) is 4.07. The van der Waals surface area contributed by atoms with Gasteiger partial charge in [-0.3, -0.25) is 4.90 Å². The van der Waals surface area contributed by atoms with Gasteiger partial charge in [0.15, 0.2) is 0 Å². The van der Waals surface area contributed by atoms with Crippen LogP contribution in [0.3, 0.4) is 0 Å². The summed E-state index contributed by atoms with van der Waals surface area (Å²) in [6.07, 6.45) is -0.727. The van der Waals surface area contributed by atoms with E-state index in [4.69, 9.17) is 4.74 Å². The van der Waals surface area contributed by atoms with Gasteiger partial charge in [-0.25, -0.2) is 18.7 Å². The van der Waals surface area contributed by atoms with Crippen LogP contribution in [0.2, 0.25) is 0 Å². The third-order valence-corrected chi connectivity index (χ3v) is 5.48. The van der Waals surface area contributed by atoms with Crippen LogP contribution in [0.1, 0.15) is 35.9 Å². The second-order valence-corrected chi connectivity index (χ2v) is 7.07. The maximum atomic E-state index is 13.1. The summed E-state index contributed by atoms with van der Waals surface area (Å²) in [5, 5.41) is 2.94. The number of ether oxygens (including phenoxy) is 1. The number of rotatable bonds is 8. The van der Waals surface area contributed by atoms with Crippen LogP contribution in [0.4, 0.5) is 13.2 Å². The van der Waals surface area contributed by atoms with Gasteiger partial charge in [0.2, 0.25) is 5.88 Å². The zero-order valence-corrected chi connectivity index (χ0v) is 15.1. The topological polar surface area (TPSA) is 80.6 Å². The summed E-state index contributed by atoms with van der Waals surface area (Å²) in [5.41, 5.74) is 1.10. The highest BCUT2D eigenvalue weighted by Gasteiger charge is 2.31. The lowest BCUT2D eigenvalue weighted by Gasteiger charge is -2.36. The molecule has 0 aliphatic carbocycles. The summed E-state index contributed by atoms with van der Waals surface area (Å²) in [7, 11) is 0. The molecule has 1 atom stereocenters. The van der Waals surface area contributed by atoms with Crippen molar-refractivity contribution in [2.75, 3.05) is 26.2 Å². The Morgan fingerprint density at radius 2 is 2.11 bits per heavy atom. The Kier molecular flexibility index (Phi) is 6.67. The van der Waals surface area contributed by atoms with Crippen molar-refractivity contribution in [2.45, 2.75) is 25.3 Å². The Hall–Kier alpha value is -2.14. The molecule has 0 aromatic carbocycles. The molecule has 1 unspecified atom stereocenters. The SMILES string of the molecule is O=NCC(c1scnc1C(F)F)N1CCC(COc2ccnc(F)n2)CC1. The molecule has 0 spiro atoms. The first-order chi connectivity index (χ1) is 13.1. The molecule has 1 aliphatic rings. The summed E-state index contributed by atoms with van der Waals surface area (Å²) in [6.45, 7) is 1.52. The maximum Gasteiger partial charge on any atom is 0.311 e. The van der Waals surface area contributed by atoms with Gasteiger partial charge in [0, 0.05) is 12.3 Å². The van der Waals surface area contributed by atoms with Gasteiger partial charge in [0.25, 0.3) is 6.43 Å². The van der Waals surface area contributed by atoms with Gasteiger partial charge in [-0.1, -0.05) is 5.18 Å². The van der Waals surface area contributed by atoms with E-state index in [-0.39, 0.29) is 24.0 Å². The molecule has 2 aromatic heterocycles. The first kappa shape index (κ1) is 19.6. The van der Waals surface area contributed by atoms with Crippen molar-refractivity contribution < 1.29 is 17.9 Å². The average Bonchev–Trinajstić information content (AvgIpc) is 3.15. The smallest absolute Gasteiger partial charge is 0.311 e. The minimum Gasteiger partial charge on any atom is -0.477 e. The fourth-order valence-electron chi connectivity index (χ4n) is 3.15. The highest BCUT2D eigenvalue weighted by atomic mass is 32.1. The lowest BCUT2D eigenvalue weighted by molar-refractivity contribution is 0.104. The number of nitrogens with zero attached hydrogens (tertiary/aromatic N) is 5. The quantitative estimate of drug-likeness (QED) is 0.497. The lowest BCUT2D eigenvalue weighted by atomic mass is 9.96. The summed E-state index contributed by atoms with van der Waals surface area (Å²) in [4.78, 5) is 23.9. The Morgan fingerprint density at radius 3 is 2.78 bits per heavy atom. The molecule has 27 heavy (non-hydrogen) atoms. The number of halogens is 3. The van der Waals surface area contributed by atoms with Crippen LogP contribution in [0.15, 0.2) is 23.0 Å². The minimum atomic E-state index is -2.68. The van der Waals surface area contributed by atoms with E-state index in [2.05, 4.69) is 20.1 Å². The van der Waals surface area contributed by atoms with E-state index in [1.165, 1.54) is 17.8 Å². The Labute approximate surface area is 157 Å². The molecule has 0 saturated carbocycles. The van der Waals surface area contributed by atoms with Crippen molar-refractivity contribution in [1.29, 1.82) is 0 Å². The van der Waals surface area contributed by atoms with E-state index in [9.17, 15) is 18.1 Å². The van der Waals surface area contributed by atoms with E-state index >= 15 is 0 Å². The Balaban J connectivity index is 1.57. The lowest BCUT2D eigenvalue weighted by Crippen LogP contribution is -2.39. The monoisotopic (exact) mass is 401 g/mol. The van der Waals surface area contributed by atoms with Gasteiger partial charge >= 0.3 is 6.08 Å². The van der Waals surface area contributed by atoms with Crippen molar-refractivity contribution in [2.24, 2.45) is 11.1 Å². The van der Waals surface area contributed by atoms with Gasteiger partial charge in [0.05, 0.1) is 23.0 Å². The molecule has 146 valence electrons. The second kappa shape index (κ2) is 9.18. The van der Waals surface area contributed by atoms with Gasteiger partial charge in [-0.15, -0.1) is 11.3 Å². The molecule has 0 amide bonds. The summed E-state index contributed by atoms with van der Waals surface area (Å²) in [5.74, 6) is 0.402. The van der Waals surface area contributed by atoms with Crippen molar-refractivity contribution in [1.82, 2.24) is 19.9 Å². The molecule has 3 rings (SSSR count). The van der Waals surface area contributed by atoms with Gasteiger partial charge in [0.1, 0.15) is 12.2 Å². The average molecular weight is 401 g/mol. The Morgan fingerprint density at radius 1 is 1.33 bits per heavy atom. The van der Waals surface area contributed by atoms with E-state index in [1.807, 2.05) is 4.90 Å². The zero-order chi connectivity index (χ0) is 19.2. The zero-order valence-electron chi connectivity index (χ0n) is 14.3. The van der Waals surface area contributed by atoms with Crippen LogP contribution < -0.4 is 4.74 Å². The fraction of sp³-hybridized carbons (Fsp3) is 0.562. The number of piperidine rings is 1. The van der Waals surface area contributed by atoms with Gasteiger partial charge < -0.3 is 4.74 Å². The summed E-state index contributed by atoms with van der Waals surface area (Å²) < 4.78 is 44.8. The van der Waals surface area contributed by atoms with Crippen LogP contribution in [-0.4, -0.2) is 46.1 Å². The summed E-state index contributed by atoms with van der Waals surface area (Å²) >= 11 is 1.12. The number of likely N-dealkylation sites (tertiary alicyclic amines) is 1. The molecule has 11 heteroatoms. The second-order valence-electron chi connectivity index (χ2n) is 6.18. The van der Waals surface area contributed by atoms with Crippen LogP contribution in [0.5, 0.6) is 5.88 Å². The molecule has 0 N–H and O–H groups in total. The van der Waals surface area contributed by atoms with E-state index in [1.54, 1.807) is 0 Å². The number of hydrogen-bond acceptors (Lipinski definition) is 8. The predicted octanol–water partition coefficient (Wildman–Crippen LogP) is 3.61. The van der Waals surface area contributed by atoms with E-state index < -0.39 is 18.5 Å². The van der Waals surface area contributed by atoms with Crippen LogP contribution in [0, 0.1) is 16.9 Å². The first-order valence-electron chi connectivity index (χ1n) is 8.44. The number of aromatic nitrogens is 3. The maximum absolute atomic E-state index is 13.1. The van der Waals surface area contributed by atoms with Crippen molar-refractivity contribution in [3.05, 3.63) is 39.3 Å². The minimum absolute atomic E-state index is 0.0940. The molecule has 0 bridgehead atoms. The number of thiazole rings is 1. The first-order valence-corrected chi connectivity index (χ1v) is 9.32. The number of hydrogen-bond donors (Lipinski definition) is 0.